The van der Waals surface area contributed by atoms with E-state index in [4.69, 9.17) is 9.47 Å². The Morgan fingerprint density at radius 3 is 2.93 bits per heavy atom. The second kappa shape index (κ2) is 3.23. The van der Waals surface area contributed by atoms with Crippen LogP contribution in [0.5, 0.6) is 0 Å². The summed E-state index contributed by atoms with van der Waals surface area (Å²) in [6.07, 6.45) is 1.41. The summed E-state index contributed by atoms with van der Waals surface area (Å²) in [4.78, 5) is 13.4. The molecule has 4 nitrogen and oxygen atoms in total. The number of hydrogen-bond donors (Lipinski definition) is 0. The minimum atomic E-state index is -0.544. The second-order valence-electron chi connectivity index (χ2n) is 4.64. The fourth-order valence-electron chi connectivity index (χ4n) is 2.27. The molecule has 2 aliphatic rings. The number of amides is 1. The highest BCUT2D eigenvalue weighted by Crippen LogP contribution is 2.37. The van der Waals surface area contributed by atoms with Crippen LogP contribution in [0.1, 0.15) is 20.8 Å². The molecule has 0 unspecified atom stereocenters. The molecule has 2 heterocycles. The molecule has 2 aliphatic heterocycles. The van der Waals surface area contributed by atoms with Gasteiger partial charge in [0.1, 0.15) is 11.8 Å². The maximum absolute atomic E-state index is 11.7. The van der Waals surface area contributed by atoms with Crippen molar-refractivity contribution in [3.63, 3.8) is 0 Å². The number of rotatable bonds is 2. The molecule has 0 spiro atoms. The normalized spacial score (nSPS) is 34.9. The number of carbonyl (C=O) groups is 1. The van der Waals surface area contributed by atoms with Gasteiger partial charge in [0.25, 0.3) is 0 Å². The van der Waals surface area contributed by atoms with E-state index in [9.17, 15) is 4.79 Å². The third-order valence-corrected chi connectivity index (χ3v) is 3.22. The molecule has 0 radical (unpaired) electrons. The zero-order valence-electron chi connectivity index (χ0n) is 9.40. The van der Waals surface area contributed by atoms with E-state index in [1.807, 2.05) is 26.8 Å². The topological polar surface area (TPSA) is 38.8 Å². The van der Waals surface area contributed by atoms with Gasteiger partial charge < -0.3 is 9.47 Å². The van der Waals surface area contributed by atoms with E-state index >= 15 is 0 Å². The van der Waals surface area contributed by atoms with Crippen LogP contribution in [-0.2, 0) is 9.47 Å². The first-order chi connectivity index (χ1) is 6.97. The van der Waals surface area contributed by atoms with Gasteiger partial charge >= 0.3 is 6.09 Å². The molecule has 1 amide bonds. The minimum absolute atomic E-state index is 0.0282. The molecule has 0 bridgehead atoms. The lowest BCUT2D eigenvalue weighted by molar-refractivity contribution is -0.0394. The van der Waals surface area contributed by atoms with Crippen molar-refractivity contribution < 1.29 is 14.3 Å². The van der Waals surface area contributed by atoms with Crippen LogP contribution in [-0.4, -0.2) is 35.5 Å². The van der Waals surface area contributed by atoms with Crippen LogP contribution in [0.4, 0.5) is 4.79 Å². The van der Waals surface area contributed by atoms with E-state index in [2.05, 4.69) is 6.58 Å². The zero-order chi connectivity index (χ0) is 11.2. The van der Waals surface area contributed by atoms with Gasteiger partial charge in [0.15, 0.2) is 0 Å². The Morgan fingerprint density at radius 2 is 2.33 bits per heavy atom. The largest absolute Gasteiger partial charge is 0.443 e. The molecule has 15 heavy (non-hydrogen) atoms. The van der Waals surface area contributed by atoms with Crippen LogP contribution >= 0.6 is 0 Å². The molecule has 84 valence electrons. The Bertz CT molecular complexity index is 300. The highest BCUT2D eigenvalue weighted by molar-refractivity contribution is 5.72. The summed E-state index contributed by atoms with van der Waals surface area (Å²) < 4.78 is 10.9. The molecule has 0 aromatic heterocycles. The number of hydrogen-bond acceptors (Lipinski definition) is 3. The molecule has 0 saturated carbocycles. The predicted octanol–water partition coefficient (Wildman–Crippen LogP) is 1.76. The molecule has 2 rings (SSSR count). The van der Waals surface area contributed by atoms with E-state index < -0.39 is 5.72 Å². The fraction of sp³-hybridized carbons (Fsp3) is 0.727. The number of ether oxygens (including phenoxy) is 2. The molecule has 0 aromatic rings. The summed E-state index contributed by atoms with van der Waals surface area (Å²) in [6.45, 7) is 10.0. The standard InChI is InChI=1S/C11H17NO3/c1-5-7(2)9-8-6-14-11(3,4)12(8)10(13)15-9/h5,7-9H,1,6H2,2-4H3/t7-,8-,9+/m0/s1. The van der Waals surface area contributed by atoms with Gasteiger partial charge in [-0.25, -0.2) is 4.79 Å². The first-order valence-electron chi connectivity index (χ1n) is 5.24. The molecule has 0 N–H and O–H groups in total. The Kier molecular flexibility index (Phi) is 2.26. The molecule has 2 fully saturated rings. The van der Waals surface area contributed by atoms with Crippen LogP contribution < -0.4 is 0 Å². The maximum atomic E-state index is 11.7. The molecular weight excluding hydrogens is 194 g/mol. The Hall–Kier alpha value is -1.03. The van der Waals surface area contributed by atoms with Crippen LogP contribution in [0, 0.1) is 5.92 Å². The molecule has 4 heteroatoms. The first-order valence-corrected chi connectivity index (χ1v) is 5.24. The number of cyclic esters (lactones) is 1. The summed E-state index contributed by atoms with van der Waals surface area (Å²) >= 11 is 0. The van der Waals surface area contributed by atoms with Crippen LogP contribution in [0.25, 0.3) is 0 Å². The molecule has 0 aromatic carbocycles. The van der Waals surface area contributed by atoms with E-state index in [0.717, 1.165) is 0 Å². The fourth-order valence-corrected chi connectivity index (χ4v) is 2.27. The lowest BCUT2D eigenvalue weighted by atomic mass is 9.98. The van der Waals surface area contributed by atoms with Gasteiger partial charge in [0, 0.05) is 5.92 Å². The van der Waals surface area contributed by atoms with Crippen molar-refractivity contribution in [2.24, 2.45) is 5.92 Å². The van der Waals surface area contributed by atoms with E-state index in [0.29, 0.717) is 6.61 Å². The summed E-state index contributed by atoms with van der Waals surface area (Å²) in [5.74, 6) is 0.154. The maximum Gasteiger partial charge on any atom is 0.412 e. The Morgan fingerprint density at radius 1 is 1.67 bits per heavy atom. The van der Waals surface area contributed by atoms with Crippen molar-refractivity contribution in [2.45, 2.75) is 38.6 Å². The van der Waals surface area contributed by atoms with Gasteiger partial charge in [-0.3, -0.25) is 4.90 Å². The monoisotopic (exact) mass is 211 g/mol. The lowest BCUT2D eigenvalue weighted by Gasteiger charge is -2.26. The van der Waals surface area contributed by atoms with Gasteiger partial charge in [0.2, 0.25) is 0 Å². The SMILES string of the molecule is C=C[C@H](C)[C@H]1OC(=O)N2[C@H]1COC2(C)C. The summed E-state index contributed by atoms with van der Waals surface area (Å²) in [7, 11) is 0. The molecule has 0 aliphatic carbocycles. The van der Waals surface area contributed by atoms with Crippen molar-refractivity contribution in [1.82, 2.24) is 4.90 Å². The van der Waals surface area contributed by atoms with Crippen LogP contribution in [0.15, 0.2) is 12.7 Å². The number of carbonyl (C=O) groups excluding carboxylic acids is 1. The third kappa shape index (κ3) is 1.44. The van der Waals surface area contributed by atoms with Gasteiger partial charge in [-0.2, -0.15) is 0 Å². The summed E-state index contributed by atoms with van der Waals surface area (Å²) in [5, 5.41) is 0. The van der Waals surface area contributed by atoms with E-state index in [-0.39, 0.29) is 24.2 Å². The smallest absolute Gasteiger partial charge is 0.412 e. The van der Waals surface area contributed by atoms with Crippen LogP contribution in [0.2, 0.25) is 0 Å². The highest BCUT2D eigenvalue weighted by Gasteiger charge is 2.54. The van der Waals surface area contributed by atoms with Crippen molar-refractivity contribution >= 4 is 6.09 Å². The van der Waals surface area contributed by atoms with E-state index in [1.165, 1.54) is 0 Å². The summed E-state index contributed by atoms with van der Waals surface area (Å²) in [5.41, 5.74) is -0.544. The zero-order valence-corrected chi connectivity index (χ0v) is 9.40. The van der Waals surface area contributed by atoms with E-state index in [1.54, 1.807) is 4.90 Å². The summed E-state index contributed by atoms with van der Waals surface area (Å²) in [6, 6.07) is 0.0282. The van der Waals surface area contributed by atoms with Gasteiger partial charge in [-0.1, -0.05) is 13.0 Å². The predicted molar refractivity (Wildman–Crippen MR) is 55.3 cm³/mol. The molecule has 3 atom stereocenters. The van der Waals surface area contributed by atoms with Crippen LogP contribution in [0.3, 0.4) is 0 Å². The average Bonchev–Trinajstić information content (AvgIpc) is 2.66. The molecule has 2 saturated heterocycles. The second-order valence-corrected chi connectivity index (χ2v) is 4.64. The van der Waals surface area contributed by atoms with Crippen molar-refractivity contribution in [1.29, 1.82) is 0 Å². The van der Waals surface area contributed by atoms with Gasteiger partial charge in [-0.05, 0) is 13.8 Å². The third-order valence-electron chi connectivity index (χ3n) is 3.22. The van der Waals surface area contributed by atoms with Crippen molar-refractivity contribution in [3.05, 3.63) is 12.7 Å². The quantitative estimate of drug-likeness (QED) is 0.653. The van der Waals surface area contributed by atoms with Gasteiger partial charge in [0.05, 0.1) is 12.6 Å². The van der Waals surface area contributed by atoms with Gasteiger partial charge in [-0.15, -0.1) is 6.58 Å². The Labute approximate surface area is 89.8 Å². The Balaban J connectivity index is 2.23. The first kappa shape index (κ1) is 10.5. The number of nitrogens with zero attached hydrogens (tertiary/aromatic N) is 1. The average molecular weight is 211 g/mol. The lowest BCUT2D eigenvalue weighted by Crippen LogP contribution is -2.44. The molecular formula is C11H17NO3. The van der Waals surface area contributed by atoms with Crippen molar-refractivity contribution in [3.8, 4) is 0 Å². The number of fused-ring (bicyclic) bond motifs is 1. The highest BCUT2D eigenvalue weighted by atomic mass is 16.6. The van der Waals surface area contributed by atoms with Crippen molar-refractivity contribution in [2.75, 3.05) is 6.61 Å². The minimum Gasteiger partial charge on any atom is -0.443 e.